The molecule has 0 saturated carbocycles. The lowest BCUT2D eigenvalue weighted by molar-refractivity contribution is -0.0849. The minimum absolute atomic E-state index is 0.0110. The molecule has 2 aliphatic rings. The second-order valence-corrected chi connectivity index (χ2v) is 9.98. The maximum atomic E-state index is 6.18. The molecule has 28 heavy (non-hydrogen) atoms. The highest BCUT2D eigenvalue weighted by atomic mass is 32.2. The van der Waals surface area contributed by atoms with Gasteiger partial charge in [-0.2, -0.15) is 0 Å². The minimum atomic E-state index is 0.0110. The monoisotopic (exact) mass is 413 g/mol. The summed E-state index contributed by atoms with van der Waals surface area (Å²) < 4.78 is 17.7. The SMILES string of the molecule is CC(C)COCC1O[C@H](N2/C=C\C(N(CC(C)C)CC(C)C)=N/COC2)CS1. The Balaban J connectivity index is 1.94. The molecule has 0 bridgehead atoms. The summed E-state index contributed by atoms with van der Waals surface area (Å²) in [6.07, 6.45) is 4.20. The van der Waals surface area contributed by atoms with E-state index in [1.165, 1.54) is 0 Å². The van der Waals surface area contributed by atoms with Crippen LogP contribution in [0.2, 0.25) is 0 Å². The summed E-state index contributed by atoms with van der Waals surface area (Å²) in [4.78, 5) is 9.16. The van der Waals surface area contributed by atoms with Crippen LogP contribution in [0, 0.1) is 17.8 Å². The molecular formula is C21H39N3O3S. The molecule has 2 atom stereocenters. The highest BCUT2D eigenvalue weighted by molar-refractivity contribution is 8.00. The van der Waals surface area contributed by atoms with Gasteiger partial charge in [0.2, 0.25) is 0 Å². The molecule has 7 heteroatoms. The number of amidine groups is 1. The molecule has 1 fully saturated rings. The van der Waals surface area contributed by atoms with Crippen molar-refractivity contribution >= 4 is 17.6 Å². The molecular weight excluding hydrogens is 374 g/mol. The lowest BCUT2D eigenvalue weighted by Crippen LogP contribution is -2.39. The molecule has 6 nitrogen and oxygen atoms in total. The maximum absolute atomic E-state index is 6.18. The van der Waals surface area contributed by atoms with Gasteiger partial charge in [0.15, 0.2) is 0 Å². The number of nitrogens with zero attached hydrogens (tertiary/aromatic N) is 3. The summed E-state index contributed by atoms with van der Waals surface area (Å²) in [6.45, 7) is 17.6. The van der Waals surface area contributed by atoms with Crippen LogP contribution in [-0.4, -0.2) is 72.8 Å². The first kappa shape index (κ1) is 23.5. The first-order valence-corrected chi connectivity index (χ1v) is 11.6. The molecule has 162 valence electrons. The van der Waals surface area contributed by atoms with Crippen LogP contribution in [0.1, 0.15) is 41.5 Å². The summed E-state index contributed by atoms with van der Waals surface area (Å²) in [5, 5.41) is 0. The van der Waals surface area contributed by atoms with E-state index in [2.05, 4.69) is 68.6 Å². The Hall–Kier alpha value is -0.760. The van der Waals surface area contributed by atoms with Crippen molar-refractivity contribution in [2.75, 3.05) is 45.5 Å². The van der Waals surface area contributed by atoms with E-state index in [0.29, 0.717) is 37.8 Å². The molecule has 0 aromatic heterocycles. The van der Waals surface area contributed by atoms with Crippen molar-refractivity contribution in [3.05, 3.63) is 12.3 Å². The van der Waals surface area contributed by atoms with Crippen LogP contribution in [0.15, 0.2) is 17.3 Å². The Labute approximate surface area is 175 Å². The van der Waals surface area contributed by atoms with Gasteiger partial charge < -0.3 is 24.0 Å². The van der Waals surface area contributed by atoms with E-state index in [1.54, 1.807) is 0 Å². The maximum Gasteiger partial charge on any atom is 0.142 e. The Bertz CT molecular complexity index is 501. The Morgan fingerprint density at radius 1 is 1.18 bits per heavy atom. The number of thioether (sulfide) groups is 1. The molecule has 0 spiro atoms. The predicted molar refractivity (Wildman–Crippen MR) is 117 cm³/mol. The van der Waals surface area contributed by atoms with Gasteiger partial charge in [0, 0.05) is 31.6 Å². The largest absolute Gasteiger partial charge is 0.378 e. The topological polar surface area (TPSA) is 46.5 Å². The molecule has 0 radical (unpaired) electrons. The summed E-state index contributed by atoms with van der Waals surface area (Å²) in [5.41, 5.74) is 0.0918. The molecule has 2 heterocycles. The highest BCUT2D eigenvalue weighted by Gasteiger charge is 2.30. The average molecular weight is 414 g/mol. The van der Waals surface area contributed by atoms with Gasteiger partial charge in [-0.05, 0) is 23.8 Å². The van der Waals surface area contributed by atoms with Crippen LogP contribution in [0.4, 0.5) is 0 Å². The van der Waals surface area contributed by atoms with Crippen LogP contribution < -0.4 is 0 Å². The van der Waals surface area contributed by atoms with Crippen molar-refractivity contribution in [3.63, 3.8) is 0 Å². The zero-order chi connectivity index (χ0) is 20.5. The molecule has 2 aliphatic heterocycles. The first-order valence-electron chi connectivity index (χ1n) is 10.5. The van der Waals surface area contributed by atoms with Gasteiger partial charge in [0.05, 0.1) is 6.61 Å². The number of hydrogen-bond donors (Lipinski definition) is 0. The Kier molecular flexibility index (Phi) is 10.1. The van der Waals surface area contributed by atoms with E-state index in [-0.39, 0.29) is 11.7 Å². The number of ether oxygens (including phenoxy) is 3. The summed E-state index contributed by atoms with van der Waals surface area (Å²) in [7, 11) is 0. The van der Waals surface area contributed by atoms with Gasteiger partial charge in [-0.3, -0.25) is 0 Å². The van der Waals surface area contributed by atoms with E-state index < -0.39 is 0 Å². The molecule has 0 N–H and O–H groups in total. The molecule has 0 amide bonds. The van der Waals surface area contributed by atoms with Crippen molar-refractivity contribution in [1.82, 2.24) is 9.80 Å². The quantitative estimate of drug-likeness (QED) is 0.572. The van der Waals surface area contributed by atoms with E-state index in [0.717, 1.165) is 31.3 Å². The number of aliphatic imine (C=N–C) groups is 1. The Morgan fingerprint density at radius 2 is 1.89 bits per heavy atom. The smallest absolute Gasteiger partial charge is 0.142 e. The first-order chi connectivity index (χ1) is 13.3. The summed E-state index contributed by atoms with van der Waals surface area (Å²) in [6, 6.07) is 0. The van der Waals surface area contributed by atoms with Gasteiger partial charge in [-0.1, -0.05) is 41.5 Å². The third-order valence-corrected chi connectivity index (χ3v) is 5.37. The molecule has 1 unspecified atom stereocenters. The van der Waals surface area contributed by atoms with Crippen LogP contribution in [0.25, 0.3) is 0 Å². The standard InChI is InChI=1S/C21H39N3O3S/c1-16(2)9-24(10-17(3)4)19-7-8-23(15-26-14-22-19)20-13-28-21(27-20)12-25-11-18(5)6/h7-8,16-18,20-21H,9-15H2,1-6H3/b8-7-,22-19+/t20-,21?/m0/s1. The normalized spacial score (nSPS) is 26.5. The predicted octanol–water partition coefficient (Wildman–Crippen LogP) is 3.85. The third kappa shape index (κ3) is 8.31. The molecule has 2 rings (SSSR count). The fourth-order valence-electron chi connectivity index (χ4n) is 3.15. The van der Waals surface area contributed by atoms with E-state index in [4.69, 9.17) is 14.2 Å². The van der Waals surface area contributed by atoms with Gasteiger partial charge in [-0.15, -0.1) is 11.8 Å². The van der Waals surface area contributed by atoms with Crippen LogP contribution in [0.5, 0.6) is 0 Å². The van der Waals surface area contributed by atoms with E-state index >= 15 is 0 Å². The van der Waals surface area contributed by atoms with Crippen molar-refractivity contribution in [3.8, 4) is 0 Å². The van der Waals surface area contributed by atoms with Gasteiger partial charge in [0.25, 0.3) is 0 Å². The van der Waals surface area contributed by atoms with Gasteiger partial charge in [-0.25, -0.2) is 4.99 Å². The highest BCUT2D eigenvalue weighted by Crippen LogP contribution is 2.28. The number of hydrogen-bond acceptors (Lipinski definition) is 7. The van der Waals surface area contributed by atoms with Crippen LogP contribution in [-0.2, 0) is 14.2 Å². The fraction of sp³-hybridized carbons (Fsp3) is 0.857. The summed E-state index contributed by atoms with van der Waals surface area (Å²) >= 11 is 1.81. The molecule has 0 aromatic rings. The van der Waals surface area contributed by atoms with Crippen molar-refractivity contribution in [2.24, 2.45) is 22.7 Å². The molecule has 0 aliphatic carbocycles. The zero-order valence-electron chi connectivity index (χ0n) is 18.5. The van der Waals surface area contributed by atoms with Crippen LogP contribution >= 0.6 is 11.8 Å². The van der Waals surface area contributed by atoms with E-state index in [9.17, 15) is 0 Å². The van der Waals surface area contributed by atoms with Gasteiger partial charge in [0.1, 0.15) is 31.0 Å². The molecule has 1 saturated heterocycles. The number of rotatable bonds is 9. The van der Waals surface area contributed by atoms with Crippen molar-refractivity contribution < 1.29 is 14.2 Å². The Morgan fingerprint density at radius 3 is 2.54 bits per heavy atom. The summed E-state index contributed by atoms with van der Waals surface area (Å²) in [5.74, 6) is 3.62. The van der Waals surface area contributed by atoms with Crippen LogP contribution in [0.3, 0.4) is 0 Å². The van der Waals surface area contributed by atoms with Crippen molar-refractivity contribution in [1.29, 1.82) is 0 Å². The minimum Gasteiger partial charge on any atom is -0.378 e. The molecule has 0 aromatic carbocycles. The van der Waals surface area contributed by atoms with Crippen molar-refractivity contribution in [2.45, 2.75) is 53.2 Å². The third-order valence-electron chi connectivity index (χ3n) is 4.28. The average Bonchev–Trinajstić information content (AvgIpc) is 3.01. The van der Waals surface area contributed by atoms with Gasteiger partial charge >= 0.3 is 0 Å². The lowest BCUT2D eigenvalue weighted by atomic mass is 10.1. The second kappa shape index (κ2) is 12.1. The lowest BCUT2D eigenvalue weighted by Gasteiger charge is -2.31. The fourth-order valence-corrected chi connectivity index (χ4v) is 4.20. The second-order valence-electron chi connectivity index (χ2n) is 8.79. The van der Waals surface area contributed by atoms with E-state index in [1.807, 2.05) is 11.8 Å². The zero-order valence-corrected chi connectivity index (χ0v) is 19.3.